The zero-order valence-electron chi connectivity index (χ0n) is 9.84. The van der Waals surface area contributed by atoms with Gasteiger partial charge in [-0.2, -0.15) is 0 Å². The monoisotopic (exact) mass is 240 g/mol. The third kappa shape index (κ3) is 3.92. The molecule has 0 saturated carbocycles. The number of hydrogen-bond acceptors (Lipinski definition) is 4. The number of amides is 1. The molecule has 1 aromatic heterocycles. The van der Waals surface area contributed by atoms with Gasteiger partial charge in [-0.1, -0.05) is 0 Å². The van der Waals surface area contributed by atoms with Crippen LogP contribution in [0.5, 0.6) is 0 Å². The van der Waals surface area contributed by atoms with Crippen LogP contribution < -0.4 is 5.73 Å². The Morgan fingerprint density at radius 1 is 1.53 bits per heavy atom. The summed E-state index contributed by atoms with van der Waals surface area (Å²) in [7, 11) is 0. The van der Waals surface area contributed by atoms with E-state index in [0.717, 1.165) is 0 Å². The van der Waals surface area contributed by atoms with Crippen molar-refractivity contribution in [2.24, 2.45) is 5.73 Å². The first kappa shape index (κ1) is 13.2. The van der Waals surface area contributed by atoms with E-state index in [2.05, 4.69) is 0 Å². The average molecular weight is 240 g/mol. The van der Waals surface area contributed by atoms with E-state index < -0.39 is 11.9 Å². The summed E-state index contributed by atoms with van der Waals surface area (Å²) in [4.78, 5) is 23.3. The second-order valence-electron chi connectivity index (χ2n) is 4.07. The van der Waals surface area contributed by atoms with Crippen LogP contribution in [0.3, 0.4) is 0 Å². The molecule has 1 heterocycles. The Morgan fingerprint density at radius 2 is 2.18 bits per heavy atom. The van der Waals surface area contributed by atoms with E-state index in [-0.39, 0.29) is 18.2 Å². The zero-order chi connectivity index (χ0) is 13.0. The molecule has 0 aromatic carbocycles. The second kappa shape index (κ2) is 5.49. The van der Waals surface area contributed by atoms with Crippen LogP contribution in [-0.2, 0) is 11.3 Å². The van der Waals surface area contributed by atoms with Gasteiger partial charge in [0.1, 0.15) is 12.0 Å². The van der Waals surface area contributed by atoms with Crippen molar-refractivity contribution in [1.82, 2.24) is 4.90 Å². The van der Waals surface area contributed by atoms with Crippen molar-refractivity contribution in [3.8, 4) is 0 Å². The molecule has 0 aliphatic carbocycles. The summed E-state index contributed by atoms with van der Waals surface area (Å²) in [5.74, 6) is -0.966. The molecular formula is C11H16N2O4. The minimum Gasteiger partial charge on any atom is -0.478 e. The molecule has 0 bridgehead atoms. The Kier molecular flexibility index (Phi) is 4.28. The maximum atomic E-state index is 10.9. The molecule has 0 atom stereocenters. The van der Waals surface area contributed by atoms with Crippen molar-refractivity contribution in [3.05, 3.63) is 23.7 Å². The summed E-state index contributed by atoms with van der Waals surface area (Å²) in [6.07, 6.45) is 1.18. The largest absolute Gasteiger partial charge is 0.478 e. The van der Waals surface area contributed by atoms with E-state index in [1.807, 2.05) is 13.8 Å². The number of aromatic carboxylic acids is 1. The van der Waals surface area contributed by atoms with Crippen molar-refractivity contribution >= 4 is 11.9 Å². The third-order valence-corrected chi connectivity index (χ3v) is 2.35. The Labute approximate surface area is 99.0 Å². The van der Waals surface area contributed by atoms with Crippen LogP contribution in [0.25, 0.3) is 0 Å². The number of carboxylic acid groups (broad SMARTS) is 1. The van der Waals surface area contributed by atoms with Crippen molar-refractivity contribution in [2.75, 3.05) is 6.54 Å². The van der Waals surface area contributed by atoms with Crippen LogP contribution in [0.4, 0.5) is 0 Å². The van der Waals surface area contributed by atoms with Crippen LogP contribution in [0.15, 0.2) is 16.7 Å². The lowest BCUT2D eigenvalue weighted by Gasteiger charge is -2.23. The first-order valence-corrected chi connectivity index (χ1v) is 5.23. The van der Waals surface area contributed by atoms with E-state index in [0.29, 0.717) is 12.3 Å². The van der Waals surface area contributed by atoms with Gasteiger partial charge in [0, 0.05) is 6.04 Å². The normalized spacial score (nSPS) is 11.1. The van der Waals surface area contributed by atoms with E-state index in [9.17, 15) is 9.59 Å². The maximum absolute atomic E-state index is 10.9. The van der Waals surface area contributed by atoms with Crippen molar-refractivity contribution < 1.29 is 19.1 Å². The highest BCUT2D eigenvalue weighted by Crippen LogP contribution is 2.12. The molecule has 17 heavy (non-hydrogen) atoms. The summed E-state index contributed by atoms with van der Waals surface area (Å²) in [5.41, 5.74) is 5.23. The molecule has 0 spiro atoms. The van der Waals surface area contributed by atoms with E-state index in [1.54, 1.807) is 4.90 Å². The van der Waals surface area contributed by atoms with Gasteiger partial charge >= 0.3 is 5.97 Å². The minimum atomic E-state index is -1.04. The topological polar surface area (TPSA) is 96.8 Å². The Balaban J connectivity index is 2.71. The standard InChI is InChI=1S/C11H16N2O4/c1-7(2)13(5-10(12)14)4-9-3-8(6-17-9)11(15)16/h3,6-7H,4-5H2,1-2H3,(H2,12,14)(H,15,16). The quantitative estimate of drug-likeness (QED) is 0.761. The fraction of sp³-hybridized carbons (Fsp3) is 0.455. The molecule has 0 aliphatic heterocycles. The Morgan fingerprint density at radius 3 is 2.59 bits per heavy atom. The molecule has 0 aliphatic rings. The molecule has 6 heteroatoms. The number of rotatable bonds is 6. The molecule has 6 nitrogen and oxygen atoms in total. The highest BCUT2D eigenvalue weighted by Gasteiger charge is 2.16. The molecule has 0 fully saturated rings. The number of carbonyl (C=O) groups excluding carboxylic acids is 1. The fourth-order valence-electron chi connectivity index (χ4n) is 1.40. The smallest absolute Gasteiger partial charge is 0.338 e. The highest BCUT2D eigenvalue weighted by molar-refractivity contribution is 5.87. The molecule has 0 radical (unpaired) electrons. The third-order valence-electron chi connectivity index (χ3n) is 2.35. The Hall–Kier alpha value is -1.82. The van der Waals surface area contributed by atoms with Gasteiger partial charge < -0.3 is 15.3 Å². The Bertz CT molecular complexity index is 411. The van der Waals surface area contributed by atoms with Gasteiger partial charge in [0.2, 0.25) is 5.91 Å². The van der Waals surface area contributed by atoms with Crippen LogP contribution in [-0.4, -0.2) is 34.5 Å². The first-order valence-electron chi connectivity index (χ1n) is 5.23. The predicted molar refractivity (Wildman–Crippen MR) is 60.4 cm³/mol. The average Bonchev–Trinajstić information content (AvgIpc) is 2.64. The molecule has 1 aromatic rings. The SMILES string of the molecule is CC(C)N(CC(N)=O)Cc1cc(C(=O)O)co1. The summed E-state index contributed by atoms with van der Waals surface area (Å²) in [5, 5.41) is 8.74. The summed E-state index contributed by atoms with van der Waals surface area (Å²) in [6, 6.07) is 1.56. The fourth-order valence-corrected chi connectivity index (χ4v) is 1.40. The van der Waals surface area contributed by atoms with Gasteiger partial charge in [-0.15, -0.1) is 0 Å². The molecule has 0 unspecified atom stereocenters. The minimum absolute atomic E-state index is 0.0998. The number of nitrogens with zero attached hydrogens (tertiary/aromatic N) is 1. The van der Waals surface area contributed by atoms with E-state index in [1.165, 1.54) is 12.3 Å². The lowest BCUT2D eigenvalue weighted by molar-refractivity contribution is -0.119. The van der Waals surface area contributed by atoms with E-state index in [4.69, 9.17) is 15.3 Å². The van der Waals surface area contributed by atoms with Gasteiger partial charge in [0.15, 0.2) is 0 Å². The maximum Gasteiger partial charge on any atom is 0.338 e. The summed E-state index contributed by atoms with van der Waals surface area (Å²) >= 11 is 0. The van der Waals surface area contributed by atoms with Crippen LogP contribution in [0.1, 0.15) is 30.0 Å². The van der Waals surface area contributed by atoms with Crippen molar-refractivity contribution in [1.29, 1.82) is 0 Å². The lowest BCUT2D eigenvalue weighted by atomic mass is 10.2. The second-order valence-corrected chi connectivity index (χ2v) is 4.07. The number of carboxylic acids is 1. The number of nitrogens with two attached hydrogens (primary N) is 1. The van der Waals surface area contributed by atoms with Crippen LogP contribution in [0.2, 0.25) is 0 Å². The molecular weight excluding hydrogens is 224 g/mol. The highest BCUT2D eigenvalue weighted by atomic mass is 16.4. The van der Waals surface area contributed by atoms with E-state index >= 15 is 0 Å². The summed E-state index contributed by atoms with van der Waals surface area (Å²) in [6.45, 7) is 4.31. The first-order chi connectivity index (χ1) is 7.90. The number of carbonyl (C=O) groups is 2. The number of primary amides is 1. The van der Waals surface area contributed by atoms with Crippen LogP contribution >= 0.6 is 0 Å². The van der Waals surface area contributed by atoms with Gasteiger partial charge in [0.05, 0.1) is 18.7 Å². The molecule has 1 amide bonds. The van der Waals surface area contributed by atoms with Crippen LogP contribution in [0, 0.1) is 0 Å². The molecule has 3 N–H and O–H groups in total. The van der Waals surface area contributed by atoms with Crippen molar-refractivity contribution in [2.45, 2.75) is 26.4 Å². The molecule has 0 saturated heterocycles. The van der Waals surface area contributed by atoms with Gasteiger partial charge in [-0.25, -0.2) is 4.79 Å². The molecule has 94 valence electrons. The van der Waals surface area contributed by atoms with Gasteiger partial charge in [-0.3, -0.25) is 9.69 Å². The van der Waals surface area contributed by atoms with Gasteiger partial charge in [-0.05, 0) is 19.9 Å². The number of furan rings is 1. The van der Waals surface area contributed by atoms with Crippen molar-refractivity contribution in [3.63, 3.8) is 0 Å². The lowest BCUT2D eigenvalue weighted by Crippen LogP contribution is -2.37. The zero-order valence-corrected chi connectivity index (χ0v) is 9.84. The number of hydrogen-bond donors (Lipinski definition) is 2. The molecule has 1 rings (SSSR count). The van der Waals surface area contributed by atoms with Gasteiger partial charge in [0.25, 0.3) is 0 Å². The summed E-state index contributed by atoms with van der Waals surface area (Å²) < 4.78 is 5.11. The predicted octanol–water partition coefficient (Wildman–Crippen LogP) is 0.673.